The summed E-state index contributed by atoms with van der Waals surface area (Å²) in [4.78, 5) is 0. The number of hydrogen-bond acceptors (Lipinski definition) is 0. The second kappa shape index (κ2) is 1.64. The third-order valence-electron chi connectivity index (χ3n) is 0. The zero-order chi connectivity index (χ0) is 3.58. The van der Waals surface area contributed by atoms with E-state index in [0.717, 1.165) is 0 Å². The van der Waals surface area contributed by atoms with E-state index in [-0.39, 0.29) is 0 Å². The average Bonchev–Trinajstić information content (AvgIpc) is 0.811. The fourth-order valence-corrected chi connectivity index (χ4v) is 0. The molecule has 0 fully saturated rings. The fraction of sp³-hybridized carbons (Fsp3) is 0.333. The Hall–Kier alpha value is 0.337. The van der Waals surface area contributed by atoms with Crippen LogP contribution in [0.25, 0.3) is 0 Å². The van der Waals surface area contributed by atoms with Crippen LogP contribution in [0.4, 0.5) is 0 Å². The molecule has 0 amide bonds. The van der Waals surface area contributed by atoms with E-state index in [1.807, 2.05) is 24.6 Å². The van der Waals surface area contributed by atoms with Crippen LogP contribution in [0.2, 0.25) is 0 Å². The minimum absolute atomic E-state index is 1.17. The molecule has 0 aromatic rings. The summed E-state index contributed by atoms with van der Waals surface area (Å²) >= 11 is 1.97. The molecule has 0 nitrogen and oxygen atoms in total. The monoisotopic (exact) mass is 48.1 g/mol. The summed E-state index contributed by atoms with van der Waals surface area (Å²) in [6, 6.07) is 0. The van der Waals surface area contributed by atoms with E-state index < -0.39 is 0 Å². The van der Waals surface area contributed by atoms with Gasteiger partial charge in [-0.1, -0.05) is 0 Å². The van der Waals surface area contributed by atoms with Crippen molar-refractivity contribution < 1.29 is 0 Å². The molecule has 0 aromatic carbocycles. The van der Waals surface area contributed by atoms with Crippen molar-refractivity contribution in [2.24, 2.45) is 0 Å². The molecule has 18 valence electrons. The average molecular weight is 48.0 g/mol. The summed E-state index contributed by atoms with van der Waals surface area (Å²) in [5, 5.41) is 0. The predicted octanol–water partition coefficient (Wildman–Crippen LogP) is 0.688. The van der Waals surface area contributed by atoms with Crippen molar-refractivity contribution in [1.82, 2.24) is 0 Å². The normalized spacial score (nSPS) is 6.75. The molecule has 0 saturated carbocycles. The van der Waals surface area contributed by atoms with Gasteiger partial charge < -0.3 is 0 Å². The zero-order valence-electron chi connectivity index (χ0n) is 3.21. The summed E-state index contributed by atoms with van der Waals surface area (Å²) in [6.45, 7) is 5.53. The van der Waals surface area contributed by atoms with Crippen molar-refractivity contribution in [3.63, 3.8) is 0 Å². The van der Waals surface area contributed by atoms with Crippen LogP contribution in [0.1, 0.15) is 6.92 Å². The van der Waals surface area contributed by atoms with Crippen molar-refractivity contribution in [3.8, 4) is 0 Å². The van der Waals surface area contributed by atoms with E-state index in [1.165, 1.54) is 4.25 Å². The summed E-state index contributed by atoms with van der Waals surface area (Å²) in [5.74, 6) is 0. The molecule has 0 spiro atoms. The van der Waals surface area contributed by atoms with Gasteiger partial charge in [0.2, 0.25) is 0 Å². The first-order valence-electron chi connectivity index (χ1n) is 1.35. The van der Waals surface area contributed by atoms with Crippen molar-refractivity contribution in [2.75, 3.05) is 0 Å². The van der Waals surface area contributed by atoms with Gasteiger partial charge >= 0.3 is 35.5 Å². The van der Waals surface area contributed by atoms with Crippen molar-refractivity contribution in [2.45, 2.75) is 6.92 Å². The van der Waals surface area contributed by atoms with Crippen LogP contribution >= 0.6 is 0 Å². The third-order valence-corrected chi connectivity index (χ3v) is 0. The SMILES string of the molecule is [Li][C](=C)C. The number of rotatable bonds is 0. The molecule has 0 radical (unpaired) electrons. The summed E-state index contributed by atoms with van der Waals surface area (Å²) in [7, 11) is 0. The molecular weight excluding hydrogens is 43.0 g/mol. The van der Waals surface area contributed by atoms with Crippen molar-refractivity contribution >= 4 is 17.7 Å². The Kier molecular flexibility index (Phi) is 1.78. The Morgan fingerprint density at radius 1 is 2.00 bits per heavy atom. The molecule has 0 atom stereocenters. The molecule has 0 unspecified atom stereocenters. The molecule has 0 saturated heterocycles. The van der Waals surface area contributed by atoms with Gasteiger partial charge in [-0.15, -0.1) is 0 Å². The van der Waals surface area contributed by atoms with Gasteiger partial charge in [-0.25, -0.2) is 0 Å². The first kappa shape index (κ1) is 4.34. The second-order valence-corrected chi connectivity index (χ2v) is 1.21. The van der Waals surface area contributed by atoms with E-state index in [2.05, 4.69) is 6.58 Å². The van der Waals surface area contributed by atoms with E-state index in [4.69, 9.17) is 0 Å². The molecule has 1 heteroatoms. The van der Waals surface area contributed by atoms with Crippen LogP contribution in [-0.2, 0) is 0 Å². The molecule has 0 aromatic heterocycles. The van der Waals surface area contributed by atoms with Gasteiger partial charge in [0.15, 0.2) is 0 Å². The van der Waals surface area contributed by atoms with Gasteiger partial charge in [-0.3, -0.25) is 0 Å². The van der Waals surface area contributed by atoms with Crippen LogP contribution in [0.15, 0.2) is 10.8 Å². The van der Waals surface area contributed by atoms with Crippen LogP contribution in [-0.4, -0.2) is 17.7 Å². The molecule has 4 heavy (non-hydrogen) atoms. The molecule has 0 rings (SSSR count). The molecule has 0 N–H and O–H groups in total. The van der Waals surface area contributed by atoms with Gasteiger partial charge in [0.25, 0.3) is 0 Å². The van der Waals surface area contributed by atoms with Crippen molar-refractivity contribution in [3.05, 3.63) is 10.8 Å². The molecule has 0 heterocycles. The number of hydrogen-bond donors (Lipinski definition) is 0. The van der Waals surface area contributed by atoms with Crippen LogP contribution in [0.3, 0.4) is 0 Å². The van der Waals surface area contributed by atoms with E-state index in [0.29, 0.717) is 0 Å². The standard InChI is InChI=1S/C3H5.Li/c1-3-2;/h1H2,2H3;. The number of allylic oxidation sites excluding steroid dienone is 1. The first-order valence-corrected chi connectivity index (χ1v) is 1.35. The van der Waals surface area contributed by atoms with Gasteiger partial charge in [0.05, 0.1) is 0 Å². The Morgan fingerprint density at radius 3 is 2.00 bits per heavy atom. The molecule has 0 aliphatic rings. The predicted molar refractivity (Wildman–Crippen MR) is 20.6 cm³/mol. The van der Waals surface area contributed by atoms with Crippen LogP contribution in [0, 0.1) is 0 Å². The Balaban J connectivity index is 2.80. The molecule has 0 aliphatic carbocycles. The first-order chi connectivity index (χ1) is 1.73. The van der Waals surface area contributed by atoms with Crippen molar-refractivity contribution in [1.29, 1.82) is 0 Å². The van der Waals surface area contributed by atoms with E-state index >= 15 is 0 Å². The topological polar surface area (TPSA) is 0 Å². The molecule has 0 aliphatic heterocycles. The van der Waals surface area contributed by atoms with Crippen LogP contribution < -0.4 is 0 Å². The quantitative estimate of drug-likeness (QED) is 0.353. The van der Waals surface area contributed by atoms with Crippen LogP contribution in [0.5, 0.6) is 0 Å². The summed E-state index contributed by atoms with van der Waals surface area (Å²) < 4.78 is 1.17. The maximum atomic E-state index is 3.56. The van der Waals surface area contributed by atoms with E-state index in [9.17, 15) is 0 Å². The molecule has 0 bridgehead atoms. The molecular formula is C3H5Li. The minimum atomic E-state index is 1.17. The third kappa shape index (κ3) is 36.7. The van der Waals surface area contributed by atoms with Gasteiger partial charge in [-0.05, 0) is 0 Å². The fourth-order valence-electron chi connectivity index (χ4n) is 0. The second-order valence-electron chi connectivity index (χ2n) is 1.21. The van der Waals surface area contributed by atoms with Gasteiger partial charge in [-0.2, -0.15) is 0 Å². The maximum absolute atomic E-state index is 3.56. The van der Waals surface area contributed by atoms with Gasteiger partial charge in [0, 0.05) is 0 Å². The Bertz CT molecular complexity index is 26.3. The Morgan fingerprint density at radius 2 is 2.00 bits per heavy atom. The Labute approximate surface area is 36.1 Å². The summed E-state index contributed by atoms with van der Waals surface area (Å²) in [5.41, 5.74) is 0. The van der Waals surface area contributed by atoms with Gasteiger partial charge in [0.1, 0.15) is 0 Å². The summed E-state index contributed by atoms with van der Waals surface area (Å²) in [6.07, 6.45) is 0. The zero-order valence-corrected chi connectivity index (χ0v) is 3.21. The van der Waals surface area contributed by atoms with E-state index in [1.54, 1.807) is 0 Å².